The Morgan fingerprint density at radius 3 is 2.15 bits per heavy atom. The average molecular weight is 187 g/mol. The molecule has 3 N–H and O–H groups in total. The largest absolute Gasteiger partial charge is 0.480 e. The number of allylic oxidation sites excluding steroid dienone is 1. The molecule has 0 fully saturated rings. The Labute approximate surface area is 76.1 Å². The van der Waals surface area contributed by atoms with E-state index in [4.69, 9.17) is 10.2 Å². The van der Waals surface area contributed by atoms with Gasteiger partial charge in [0.05, 0.1) is 0 Å². The minimum atomic E-state index is -1.80. The van der Waals surface area contributed by atoms with E-state index in [0.717, 1.165) is 0 Å². The van der Waals surface area contributed by atoms with Crippen molar-refractivity contribution in [1.29, 1.82) is 0 Å². The Morgan fingerprint density at radius 1 is 1.46 bits per heavy atom. The fourth-order valence-electron chi connectivity index (χ4n) is 1.04. The Balaban J connectivity index is 4.91. The minimum absolute atomic E-state index is 0.0987. The van der Waals surface area contributed by atoms with Crippen LogP contribution in [0.4, 0.5) is 0 Å². The quantitative estimate of drug-likeness (QED) is 0.400. The van der Waals surface area contributed by atoms with E-state index < -0.39 is 17.4 Å². The zero-order valence-corrected chi connectivity index (χ0v) is 7.41. The molecule has 0 aromatic carbocycles. The van der Waals surface area contributed by atoms with Gasteiger partial charge >= 0.3 is 11.9 Å². The van der Waals surface area contributed by atoms with Gasteiger partial charge in [0.15, 0.2) is 5.41 Å². The first-order chi connectivity index (χ1) is 6.01. The summed E-state index contributed by atoms with van der Waals surface area (Å²) in [4.78, 5) is 21.5. The van der Waals surface area contributed by atoms with Crippen molar-refractivity contribution in [3.05, 3.63) is 12.7 Å². The van der Waals surface area contributed by atoms with Crippen molar-refractivity contribution in [2.24, 2.45) is 5.41 Å². The number of carboxylic acids is 2. The van der Waals surface area contributed by atoms with Crippen LogP contribution in [0.1, 0.15) is 6.42 Å². The summed E-state index contributed by atoms with van der Waals surface area (Å²) < 4.78 is 0. The molecule has 0 aliphatic rings. The number of nitrogens with one attached hydrogen (secondary N) is 1. The smallest absolute Gasteiger partial charge is 0.322 e. The van der Waals surface area contributed by atoms with Crippen molar-refractivity contribution in [1.82, 2.24) is 5.32 Å². The summed E-state index contributed by atoms with van der Waals surface area (Å²) in [6.07, 6.45) is 1.19. The van der Waals surface area contributed by atoms with Crippen molar-refractivity contribution < 1.29 is 19.8 Å². The Morgan fingerprint density at radius 2 is 1.92 bits per heavy atom. The van der Waals surface area contributed by atoms with Crippen LogP contribution in [0.3, 0.4) is 0 Å². The predicted octanol–water partition coefficient (Wildman–Crippen LogP) is -0.0625. The molecule has 0 aromatic heterocycles. The Hall–Kier alpha value is -1.36. The molecule has 0 unspecified atom stereocenters. The molecule has 0 rings (SSSR count). The topological polar surface area (TPSA) is 86.6 Å². The summed E-state index contributed by atoms with van der Waals surface area (Å²) in [6.45, 7) is 3.22. The molecule has 13 heavy (non-hydrogen) atoms. The lowest BCUT2D eigenvalue weighted by atomic mass is 9.84. The second-order valence-corrected chi connectivity index (χ2v) is 2.72. The van der Waals surface area contributed by atoms with Crippen molar-refractivity contribution in [3.8, 4) is 0 Å². The fourth-order valence-corrected chi connectivity index (χ4v) is 1.04. The monoisotopic (exact) mass is 187 g/mol. The molecule has 0 aliphatic heterocycles. The van der Waals surface area contributed by atoms with Gasteiger partial charge in [-0.15, -0.1) is 6.58 Å². The van der Waals surface area contributed by atoms with Crippen LogP contribution in [-0.2, 0) is 9.59 Å². The normalized spacial score (nSPS) is 10.8. The van der Waals surface area contributed by atoms with E-state index in [1.54, 1.807) is 0 Å². The number of hydrogen-bond donors (Lipinski definition) is 3. The third-order valence-corrected chi connectivity index (χ3v) is 1.79. The van der Waals surface area contributed by atoms with Crippen LogP contribution >= 0.6 is 0 Å². The molecule has 0 radical (unpaired) electrons. The second kappa shape index (κ2) is 4.61. The highest BCUT2D eigenvalue weighted by atomic mass is 16.4. The maximum atomic E-state index is 10.8. The molecule has 5 heteroatoms. The van der Waals surface area contributed by atoms with Gasteiger partial charge in [-0.1, -0.05) is 6.08 Å². The van der Waals surface area contributed by atoms with Gasteiger partial charge in [0, 0.05) is 6.54 Å². The van der Waals surface area contributed by atoms with Crippen LogP contribution in [0.5, 0.6) is 0 Å². The van der Waals surface area contributed by atoms with E-state index in [1.807, 2.05) is 0 Å². The molecule has 0 amide bonds. The van der Waals surface area contributed by atoms with Crippen LogP contribution in [0.25, 0.3) is 0 Å². The first-order valence-electron chi connectivity index (χ1n) is 3.73. The summed E-state index contributed by atoms with van der Waals surface area (Å²) >= 11 is 0. The number of rotatable bonds is 6. The molecule has 0 saturated carbocycles. The van der Waals surface area contributed by atoms with Gasteiger partial charge in [-0.05, 0) is 13.5 Å². The van der Waals surface area contributed by atoms with E-state index in [1.165, 1.54) is 13.1 Å². The molecular weight excluding hydrogens is 174 g/mol. The Bertz CT molecular complexity index is 210. The summed E-state index contributed by atoms with van der Waals surface area (Å²) in [5, 5.41) is 20.1. The molecule has 0 saturated heterocycles. The van der Waals surface area contributed by atoms with Crippen molar-refractivity contribution in [3.63, 3.8) is 0 Å². The summed E-state index contributed by atoms with van der Waals surface area (Å²) in [5.74, 6) is -2.71. The van der Waals surface area contributed by atoms with Crippen LogP contribution in [0.2, 0.25) is 0 Å². The van der Waals surface area contributed by atoms with Crippen LogP contribution in [-0.4, -0.2) is 35.7 Å². The van der Waals surface area contributed by atoms with Gasteiger partial charge in [-0.25, -0.2) is 0 Å². The van der Waals surface area contributed by atoms with Crippen molar-refractivity contribution in [2.75, 3.05) is 13.6 Å². The summed E-state index contributed by atoms with van der Waals surface area (Å²) in [6, 6.07) is 0. The molecule has 0 bridgehead atoms. The molecule has 0 aromatic rings. The highest BCUT2D eigenvalue weighted by Crippen LogP contribution is 2.22. The zero-order valence-electron chi connectivity index (χ0n) is 7.41. The van der Waals surface area contributed by atoms with Crippen LogP contribution in [0, 0.1) is 5.41 Å². The predicted molar refractivity (Wildman–Crippen MR) is 46.4 cm³/mol. The number of aliphatic carboxylic acids is 2. The molecular formula is C8H13NO4. The van der Waals surface area contributed by atoms with E-state index in [-0.39, 0.29) is 13.0 Å². The fraction of sp³-hybridized carbons (Fsp3) is 0.500. The van der Waals surface area contributed by atoms with Gasteiger partial charge in [0.2, 0.25) is 0 Å². The molecule has 0 atom stereocenters. The van der Waals surface area contributed by atoms with Gasteiger partial charge in [-0.3, -0.25) is 9.59 Å². The van der Waals surface area contributed by atoms with E-state index in [0.29, 0.717) is 0 Å². The second-order valence-electron chi connectivity index (χ2n) is 2.72. The van der Waals surface area contributed by atoms with Crippen molar-refractivity contribution in [2.45, 2.75) is 6.42 Å². The van der Waals surface area contributed by atoms with Gasteiger partial charge < -0.3 is 15.5 Å². The van der Waals surface area contributed by atoms with Crippen molar-refractivity contribution >= 4 is 11.9 Å². The molecule has 74 valence electrons. The standard InChI is InChI=1S/C8H13NO4/c1-3-4-8(5-9-2,6(10)11)7(12)13/h3,9H,1,4-5H2,2H3,(H,10,11)(H,12,13). The number of carbonyl (C=O) groups is 2. The molecule has 0 aliphatic carbocycles. The highest BCUT2D eigenvalue weighted by molar-refractivity contribution is 5.98. The van der Waals surface area contributed by atoms with Crippen LogP contribution in [0.15, 0.2) is 12.7 Å². The molecule has 0 spiro atoms. The maximum Gasteiger partial charge on any atom is 0.322 e. The third kappa shape index (κ3) is 2.29. The van der Waals surface area contributed by atoms with Gasteiger partial charge in [0.1, 0.15) is 0 Å². The average Bonchev–Trinajstić information content (AvgIpc) is 2.03. The first-order valence-corrected chi connectivity index (χ1v) is 3.73. The maximum absolute atomic E-state index is 10.8. The lowest BCUT2D eigenvalue weighted by Gasteiger charge is -2.22. The highest BCUT2D eigenvalue weighted by Gasteiger charge is 2.44. The lowest BCUT2D eigenvalue weighted by molar-refractivity contribution is -0.164. The zero-order chi connectivity index (χ0) is 10.5. The first kappa shape index (κ1) is 11.6. The van der Waals surface area contributed by atoms with E-state index >= 15 is 0 Å². The van der Waals surface area contributed by atoms with Gasteiger partial charge in [-0.2, -0.15) is 0 Å². The third-order valence-electron chi connectivity index (χ3n) is 1.79. The lowest BCUT2D eigenvalue weighted by Crippen LogP contribution is -2.46. The number of hydrogen-bond acceptors (Lipinski definition) is 3. The molecule has 0 heterocycles. The molecule has 5 nitrogen and oxygen atoms in total. The summed E-state index contributed by atoms with van der Waals surface area (Å²) in [7, 11) is 1.50. The number of carboxylic acid groups (broad SMARTS) is 2. The Kier molecular flexibility index (Phi) is 4.13. The summed E-state index contributed by atoms with van der Waals surface area (Å²) in [5.41, 5.74) is -1.80. The SMILES string of the molecule is C=CCC(CNC)(C(=O)O)C(=O)O. The van der Waals surface area contributed by atoms with Gasteiger partial charge in [0.25, 0.3) is 0 Å². The van der Waals surface area contributed by atoms with E-state index in [2.05, 4.69) is 11.9 Å². The minimum Gasteiger partial charge on any atom is -0.480 e. The van der Waals surface area contributed by atoms with Crippen LogP contribution < -0.4 is 5.32 Å². The van der Waals surface area contributed by atoms with E-state index in [9.17, 15) is 9.59 Å².